The average Bonchev–Trinajstić information content (AvgIpc) is 2.28. The van der Waals surface area contributed by atoms with Crippen LogP contribution in [0.2, 0.25) is 0 Å². The van der Waals surface area contributed by atoms with E-state index in [0.717, 1.165) is 0 Å². The van der Waals surface area contributed by atoms with Crippen molar-refractivity contribution in [3.05, 3.63) is 46.8 Å². The highest BCUT2D eigenvalue weighted by molar-refractivity contribution is 5.60. The molecule has 0 radical (unpaired) electrons. The van der Waals surface area contributed by atoms with Crippen LogP contribution in [0.1, 0.15) is 0 Å². The molecule has 0 spiro atoms. The molecule has 0 unspecified atom stereocenters. The molecule has 1 aromatic carbocycles. The molecule has 1 N–H and O–H groups in total. The molecule has 16 heavy (non-hydrogen) atoms. The van der Waals surface area contributed by atoms with Crippen molar-refractivity contribution in [1.82, 2.24) is 9.97 Å². The predicted octanol–water partition coefficient (Wildman–Crippen LogP) is 1.58. The minimum Gasteiger partial charge on any atom is -0.497 e. The van der Waals surface area contributed by atoms with Crippen molar-refractivity contribution in [3.8, 4) is 17.0 Å². The summed E-state index contributed by atoms with van der Waals surface area (Å²) in [6.45, 7) is 0. The largest absolute Gasteiger partial charge is 0.497 e. The Morgan fingerprint density at radius 3 is 2.81 bits per heavy atom. The number of nitrogens with zero attached hydrogens (tertiary/aromatic N) is 1. The maximum atomic E-state index is 13.6. The first kappa shape index (κ1) is 10.4. The van der Waals surface area contributed by atoms with Crippen molar-refractivity contribution in [2.75, 3.05) is 7.11 Å². The molecule has 2 aromatic rings. The van der Waals surface area contributed by atoms with Gasteiger partial charge in [0, 0.05) is 17.8 Å². The van der Waals surface area contributed by atoms with E-state index in [9.17, 15) is 9.18 Å². The number of hydrogen-bond acceptors (Lipinski definition) is 3. The van der Waals surface area contributed by atoms with Crippen molar-refractivity contribution < 1.29 is 9.13 Å². The van der Waals surface area contributed by atoms with Crippen molar-refractivity contribution in [2.45, 2.75) is 0 Å². The van der Waals surface area contributed by atoms with Gasteiger partial charge < -0.3 is 9.72 Å². The average molecular weight is 220 g/mol. The molecule has 0 saturated carbocycles. The summed E-state index contributed by atoms with van der Waals surface area (Å²) in [5.74, 6) is -0.0288. The number of halogens is 1. The van der Waals surface area contributed by atoms with Gasteiger partial charge >= 0.3 is 5.69 Å². The zero-order valence-electron chi connectivity index (χ0n) is 8.53. The molecule has 5 heteroatoms. The van der Waals surface area contributed by atoms with E-state index < -0.39 is 11.5 Å². The van der Waals surface area contributed by atoms with Gasteiger partial charge in [-0.15, -0.1) is 0 Å². The number of H-pyrrole nitrogens is 1. The topological polar surface area (TPSA) is 55.0 Å². The van der Waals surface area contributed by atoms with Crippen molar-refractivity contribution in [2.24, 2.45) is 0 Å². The summed E-state index contributed by atoms with van der Waals surface area (Å²) < 4.78 is 18.5. The number of hydrogen-bond donors (Lipinski definition) is 1. The Bertz CT molecular complexity index is 566. The Labute approximate surface area is 90.7 Å². The number of aromatic nitrogens is 2. The van der Waals surface area contributed by atoms with Crippen LogP contribution in [-0.2, 0) is 0 Å². The van der Waals surface area contributed by atoms with Gasteiger partial charge in [-0.2, -0.15) is 0 Å². The maximum absolute atomic E-state index is 13.6. The lowest BCUT2D eigenvalue weighted by Crippen LogP contribution is -2.09. The fraction of sp³-hybridized carbons (Fsp3) is 0.0909. The summed E-state index contributed by atoms with van der Waals surface area (Å²) in [6.07, 6.45) is 1.33. The fourth-order valence-electron chi connectivity index (χ4n) is 1.37. The van der Waals surface area contributed by atoms with E-state index in [4.69, 9.17) is 4.74 Å². The second-order valence-electron chi connectivity index (χ2n) is 3.13. The second kappa shape index (κ2) is 4.14. The molecule has 0 aliphatic rings. The lowest BCUT2D eigenvalue weighted by atomic mass is 10.1. The molecular formula is C11H9FN2O2. The number of ether oxygens (including phenoxy) is 1. The molecule has 82 valence electrons. The second-order valence-corrected chi connectivity index (χ2v) is 3.13. The molecule has 1 heterocycles. The van der Waals surface area contributed by atoms with Crippen molar-refractivity contribution in [3.63, 3.8) is 0 Å². The minimum atomic E-state index is -0.507. The summed E-state index contributed by atoms with van der Waals surface area (Å²) in [6, 6.07) is 5.96. The highest BCUT2D eigenvalue weighted by Gasteiger charge is 2.07. The van der Waals surface area contributed by atoms with Gasteiger partial charge in [0.15, 0.2) is 0 Å². The number of rotatable bonds is 2. The lowest BCUT2D eigenvalue weighted by Gasteiger charge is -2.04. The fourth-order valence-corrected chi connectivity index (χ4v) is 1.37. The number of nitrogens with one attached hydrogen (secondary N) is 1. The van der Waals surface area contributed by atoms with E-state index in [1.165, 1.54) is 25.4 Å². The monoisotopic (exact) mass is 220 g/mol. The highest BCUT2D eigenvalue weighted by Crippen LogP contribution is 2.23. The molecule has 0 fully saturated rings. The predicted molar refractivity (Wildman–Crippen MR) is 56.8 cm³/mol. The van der Waals surface area contributed by atoms with Crippen LogP contribution in [0.3, 0.4) is 0 Å². The number of benzene rings is 1. The summed E-state index contributed by atoms with van der Waals surface area (Å²) in [7, 11) is 1.46. The smallest absolute Gasteiger partial charge is 0.345 e. The van der Waals surface area contributed by atoms with Crippen LogP contribution in [0.4, 0.5) is 4.39 Å². The quantitative estimate of drug-likeness (QED) is 0.836. The van der Waals surface area contributed by atoms with Crippen LogP contribution in [0.5, 0.6) is 5.75 Å². The van der Waals surface area contributed by atoms with E-state index in [-0.39, 0.29) is 0 Å². The van der Waals surface area contributed by atoms with Crippen LogP contribution in [0.15, 0.2) is 35.3 Å². The van der Waals surface area contributed by atoms with E-state index in [1.54, 1.807) is 12.1 Å². The van der Waals surface area contributed by atoms with Gasteiger partial charge in [-0.1, -0.05) is 0 Å². The molecule has 2 rings (SSSR count). The normalized spacial score (nSPS) is 10.1. The number of aromatic amines is 1. The Balaban J connectivity index is 2.52. The highest BCUT2D eigenvalue weighted by atomic mass is 19.1. The third kappa shape index (κ3) is 1.93. The first-order valence-electron chi connectivity index (χ1n) is 4.60. The molecular weight excluding hydrogens is 211 g/mol. The zero-order valence-corrected chi connectivity index (χ0v) is 8.53. The minimum absolute atomic E-state index is 0.306. The Kier molecular flexibility index (Phi) is 2.68. The molecule has 1 aromatic heterocycles. The molecule has 0 saturated heterocycles. The third-order valence-corrected chi connectivity index (χ3v) is 2.14. The summed E-state index contributed by atoms with van der Waals surface area (Å²) >= 11 is 0. The van der Waals surface area contributed by atoms with E-state index in [1.807, 2.05) is 0 Å². The molecule has 0 aliphatic carbocycles. The van der Waals surface area contributed by atoms with Crippen LogP contribution < -0.4 is 10.4 Å². The van der Waals surface area contributed by atoms with Crippen LogP contribution in [0, 0.1) is 5.82 Å². The maximum Gasteiger partial charge on any atom is 0.345 e. The molecule has 0 aliphatic heterocycles. The summed E-state index contributed by atoms with van der Waals surface area (Å²) in [5.41, 5.74) is 0.188. The van der Waals surface area contributed by atoms with Gasteiger partial charge in [0.1, 0.15) is 11.6 Å². The van der Waals surface area contributed by atoms with Crippen molar-refractivity contribution in [1.29, 1.82) is 0 Å². The first-order valence-corrected chi connectivity index (χ1v) is 4.60. The molecule has 0 atom stereocenters. The van der Waals surface area contributed by atoms with Gasteiger partial charge in [-0.05, 0) is 18.2 Å². The molecule has 0 bridgehead atoms. The molecule has 4 nitrogen and oxygen atoms in total. The van der Waals surface area contributed by atoms with E-state index >= 15 is 0 Å². The lowest BCUT2D eigenvalue weighted by molar-refractivity contribution is 0.411. The molecule has 0 amide bonds. The van der Waals surface area contributed by atoms with Crippen molar-refractivity contribution >= 4 is 0 Å². The number of methoxy groups -OCH3 is 1. The standard InChI is InChI=1S/C11H9FN2O2/c1-16-7-2-3-8(9(12)6-7)10-4-5-13-11(15)14-10/h2-6H,1H3,(H,13,14,15). The van der Waals surface area contributed by atoms with Gasteiger partial charge in [-0.3, -0.25) is 0 Å². The SMILES string of the molecule is COc1ccc(-c2ccnc(=O)[nH]2)c(F)c1. The van der Waals surface area contributed by atoms with Gasteiger partial charge in [-0.25, -0.2) is 14.2 Å². The summed E-state index contributed by atoms with van der Waals surface area (Å²) in [4.78, 5) is 16.9. The van der Waals surface area contributed by atoms with E-state index in [2.05, 4.69) is 9.97 Å². The Morgan fingerprint density at radius 1 is 1.38 bits per heavy atom. The first-order chi connectivity index (χ1) is 7.70. The van der Waals surface area contributed by atoms with Gasteiger partial charge in [0.2, 0.25) is 0 Å². The summed E-state index contributed by atoms with van der Waals surface area (Å²) in [5, 5.41) is 0. The zero-order chi connectivity index (χ0) is 11.5. The van der Waals surface area contributed by atoms with Crippen LogP contribution >= 0.6 is 0 Å². The van der Waals surface area contributed by atoms with E-state index in [0.29, 0.717) is 17.0 Å². The Hall–Kier alpha value is -2.17. The Morgan fingerprint density at radius 2 is 2.19 bits per heavy atom. The van der Waals surface area contributed by atoms with Crippen LogP contribution in [-0.4, -0.2) is 17.1 Å². The van der Waals surface area contributed by atoms with Gasteiger partial charge in [0.25, 0.3) is 0 Å². The van der Waals surface area contributed by atoms with Gasteiger partial charge in [0.05, 0.1) is 12.8 Å². The third-order valence-electron chi connectivity index (χ3n) is 2.14. The van der Waals surface area contributed by atoms with Crippen LogP contribution in [0.25, 0.3) is 11.3 Å².